The summed E-state index contributed by atoms with van der Waals surface area (Å²) in [4.78, 5) is 7.46. The van der Waals surface area contributed by atoms with E-state index in [0.717, 1.165) is 22.2 Å². The van der Waals surface area contributed by atoms with Crippen molar-refractivity contribution < 1.29 is 5.11 Å². The van der Waals surface area contributed by atoms with Crippen LogP contribution in [0.3, 0.4) is 0 Å². The Labute approximate surface area is 158 Å². The molecule has 0 aliphatic rings. The number of nitrogens with one attached hydrogen (secondary N) is 1. The number of hydrogen-bond acceptors (Lipinski definition) is 5. The lowest BCUT2D eigenvalue weighted by atomic mass is 10.1. The molecule has 0 amide bonds. The maximum Gasteiger partial charge on any atom is 0.230 e. The number of rotatable bonds is 3. The number of aromatic nitrogens is 2. The fraction of sp³-hybridized carbons (Fsp3) is 0. The molecule has 5 nitrogen and oxygen atoms in total. The zero-order valence-corrected chi connectivity index (χ0v) is 14.9. The largest absolute Gasteiger partial charge is 0.493 e. The van der Waals surface area contributed by atoms with E-state index in [1.54, 1.807) is 0 Å². The Kier molecular flexibility index (Phi) is 3.69. The normalized spacial score (nSPS) is 11.7. The van der Waals surface area contributed by atoms with Crippen molar-refractivity contribution in [1.82, 2.24) is 9.97 Å². The second kappa shape index (κ2) is 6.34. The highest BCUT2D eigenvalue weighted by Crippen LogP contribution is 2.37. The van der Waals surface area contributed by atoms with E-state index in [4.69, 9.17) is 0 Å². The van der Waals surface area contributed by atoms with Crippen LogP contribution in [0.1, 0.15) is 0 Å². The van der Waals surface area contributed by atoms with Crippen molar-refractivity contribution in [3.05, 3.63) is 72.1 Å². The molecule has 0 atom stereocenters. The zero-order chi connectivity index (χ0) is 18.2. The maximum absolute atomic E-state index is 10.1. The van der Waals surface area contributed by atoms with Crippen LogP contribution in [-0.4, -0.2) is 15.1 Å². The van der Waals surface area contributed by atoms with Gasteiger partial charge in [-0.1, -0.05) is 54.6 Å². The second-order valence-electron chi connectivity index (χ2n) is 6.15. The smallest absolute Gasteiger partial charge is 0.230 e. The zero-order valence-electron chi connectivity index (χ0n) is 14.1. The second-order valence-corrected chi connectivity index (χ2v) is 6.98. The molecule has 0 saturated heterocycles. The van der Waals surface area contributed by atoms with Gasteiger partial charge in [0, 0.05) is 16.3 Å². The van der Waals surface area contributed by atoms with Gasteiger partial charge in [-0.3, -0.25) is 0 Å². The minimum atomic E-state index is 0.00580. The molecule has 0 fully saturated rings. The van der Waals surface area contributed by atoms with Gasteiger partial charge in [0.2, 0.25) is 11.0 Å². The molecule has 6 heteroatoms. The minimum Gasteiger partial charge on any atom is -0.493 e. The molecule has 0 bridgehead atoms. The molecule has 0 unspecified atom stereocenters. The fourth-order valence-corrected chi connectivity index (χ4v) is 3.74. The third-order valence-corrected chi connectivity index (χ3v) is 5.16. The number of azo groups is 1. The van der Waals surface area contributed by atoms with Gasteiger partial charge in [0.1, 0.15) is 0 Å². The Balaban J connectivity index is 1.48. The van der Waals surface area contributed by atoms with Gasteiger partial charge in [-0.2, -0.15) is 0 Å². The Morgan fingerprint density at radius 3 is 2.63 bits per heavy atom. The number of nitrogens with zero attached hydrogens (tertiary/aromatic N) is 3. The molecule has 2 N–H and O–H groups in total. The molecule has 0 saturated carbocycles. The van der Waals surface area contributed by atoms with Crippen LogP contribution in [0, 0.1) is 0 Å². The minimum absolute atomic E-state index is 0.00580. The van der Waals surface area contributed by atoms with Crippen LogP contribution >= 0.6 is 11.3 Å². The average Bonchev–Trinajstić information content (AvgIpc) is 3.30. The lowest BCUT2D eigenvalue weighted by molar-refractivity contribution is 0.459. The Bertz CT molecular complexity index is 1300. The van der Waals surface area contributed by atoms with Gasteiger partial charge in [0.25, 0.3) is 0 Å². The molecule has 0 radical (unpaired) electrons. The topological polar surface area (TPSA) is 73.6 Å². The summed E-state index contributed by atoms with van der Waals surface area (Å²) < 4.78 is 0. The van der Waals surface area contributed by atoms with E-state index in [1.807, 2.05) is 41.8 Å². The van der Waals surface area contributed by atoms with E-state index in [1.165, 1.54) is 22.1 Å². The van der Waals surface area contributed by atoms with Gasteiger partial charge in [0.05, 0.1) is 11.2 Å². The standard InChI is InChI=1S/C21H14N4OS/c26-20-19(16-7-3-4-8-17(16)22-20)24-25-21-23-18(12-27-21)15-10-9-13-5-1-2-6-14(13)11-15/h1-12,22,26H. The van der Waals surface area contributed by atoms with Crippen LogP contribution in [0.2, 0.25) is 0 Å². The first-order chi connectivity index (χ1) is 13.3. The molecule has 5 rings (SSSR count). The van der Waals surface area contributed by atoms with Crippen molar-refractivity contribution in [3.8, 4) is 17.1 Å². The van der Waals surface area contributed by atoms with Gasteiger partial charge in [-0.25, -0.2) is 4.98 Å². The summed E-state index contributed by atoms with van der Waals surface area (Å²) in [6.07, 6.45) is 0. The van der Waals surface area contributed by atoms with Gasteiger partial charge in [0.15, 0.2) is 5.69 Å². The number of hydrogen-bond donors (Lipinski definition) is 2. The number of aromatic hydroxyl groups is 1. The van der Waals surface area contributed by atoms with Crippen LogP contribution in [0.4, 0.5) is 10.8 Å². The molecule has 2 heterocycles. The molecular weight excluding hydrogens is 356 g/mol. The Morgan fingerprint density at radius 1 is 0.889 bits per heavy atom. The van der Waals surface area contributed by atoms with E-state index < -0.39 is 0 Å². The van der Waals surface area contributed by atoms with E-state index in [9.17, 15) is 5.11 Å². The first-order valence-electron chi connectivity index (χ1n) is 8.44. The molecular formula is C21H14N4OS. The van der Waals surface area contributed by atoms with Gasteiger partial charge in [-0.05, 0) is 22.9 Å². The van der Waals surface area contributed by atoms with Crippen LogP contribution in [-0.2, 0) is 0 Å². The highest BCUT2D eigenvalue weighted by atomic mass is 32.1. The van der Waals surface area contributed by atoms with E-state index in [2.05, 4.69) is 50.5 Å². The molecule has 130 valence electrons. The summed E-state index contributed by atoms with van der Waals surface area (Å²) in [6, 6.07) is 22.1. The molecule has 27 heavy (non-hydrogen) atoms. The number of thiazole rings is 1. The van der Waals surface area contributed by atoms with Crippen molar-refractivity contribution in [1.29, 1.82) is 0 Å². The van der Waals surface area contributed by atoms with Crippen molar-refractivity contribution >= 4 is 43.8 Å². The lowest BCUT2D eigenvalue weighted by Gasteiger charge is -2.00. The van der Waals surface area contributed by atoms with Crippen LogP contribution < -0.4 is 0 Å². The molecule has 3 aromatic carbocycles. The monoisotopic (exact) mass is 370 g/mol. The maximum atomic E-state index is 10.1. The van der Waals surface area contributed by atoms with E-state index in [0.29, 0.717) is 10.8 Å². The molecule has 0 spiro atoms. The van der Waals surface area contributed by atoms with E-state index >= 15 is 0 Å². The number of aromatic amines is 1. The Hall–Kier alpha value is -3.51. The first kappa shape index (κ1) is 15.7. The summed E-state index contributed by atoms with van der Waals surface area (Å²) >= 11 is 1.42. The third kappa shape index (κ3) is 2.86. The van der Waals surface area contributed by atoms with Crippen molar-refractivity contribution in [3.63, 3.8) is 0 Å². The SMILES string of the molecule is Oc1[nH]c2ccccc2c1N=Nc1nc(-c2ccc3ccccc3c2)cs1. The van der Waals surface area contributed by atoms with Crippen molar-refractivity contribution in [2.45, 2.75) is 0 Å². The van der Waals surface area contributed by atoms with Crippen molar-refractivity contribution in [2.24, 2.45) is 10.2 Å². The summed E-state index contributed by atoms with van der Waals surface area (Å²) in [5, 5.41) is 24.2. The predicted molar refractivity (Wildman–Crippen MR) is 109 cm³/mol. The third-order valence-electron chi connectivity index (χ3n) is 4.43. The van der Waals surface area contributed by atoms with Crippen LogP contribution in [0.25, 0.3) is 32.9 Å². The van der Waals surface area contributed by atoms with E-state index in [-0.39, 0.29) is 5.88 Å². The lowest BCUT2D eigenvalue weighted by Crippen LogP contribution is -1.78. The Morgan fingerprint density at radius 2 is 1.70 bits per heavy atom. The fourth-order valence-electron chi connectivity index (χ4n) is 3.10. The molecule has 0 aliphatic carbocycles. The van der Waals surface area contributed by atoms with Gasteiger partial charge in [-0.15, -0.1) is 21.6 Å². The number of H-pyrrole nitrogens is 1. The summed E-state index contributed by atoms with van der Waals surface area (Å²) in [5.74, 6) is 0.00580. The summed E-state index contributed by atoms with van der Waals surface area (Å²) in [7, 11) is 0. The summed E-state index contributed by atoms with van der Waals surface area (Å²) in [5.41, 5.74) is 3.15. The van der Waals surface area contributed by atoms with Crippen LogP contribution in [0.5, 0.6) is 5.88 Å². The number of fused-ring (bicyclic) bond motifs is 2. The van der Waals surface area contributed by atoms with Gasteiger partial charge >= 0.3 is 0 Å². The summed E-state index contributed by atoms with van der Waals surface area (Å²) in [6.45, 7) is 0. The molecule has 2 aromatic heterocycles. The highest BCUT2D eigenvalue weighted by Gasteiger charge is 2.10. The van der Waals surface area contributed by atoms with Crippen molar-refractivity contribution in [2.75, 3.05) is 0 Å². The first-order valence-corrected chi connectivity index (χ1v) is 9.32. The quantitative estimate of drug-likeness (QED) is 0.353. The van der Waals surface area contributed by atoms with Crippen LogP contribution in [0.15, 0.2) is 82.3 Å². The number of para-hydroxylation sites is 1. The predicted octanol–water partition coefficient (Wildman–Crippen LogP) is 6.57. The number of benzene rings is 3. The molecule has 5 aromatic rings. The highest BCUT2D eigenvalue weighted by molar-refractivity contribution is 7.13. The van der Waals surface area contributed by atoms with Gasteiger partial charge < -0.3 is 10.1 Å². The average molecular weight is 370 g/mol. The molecule has 0 aliphatic heterocycles.